The number of amides is 2. The van der Waals surface area contributed by atoms with Crippen molar-refractivity contribution < 1.29 is 14.1 Å². The van der Waals surface area contributed by atoms with E-state index >= 15 is 0 Å². The van der Waals surface area contributed by atoms with Crippen LogP contribution in [0.4, 0.5) is 0 Å². The van der Waals surface area contributed by atoms with Crippen LogP contribution in [0.2, 0.25) is 0 Å². The second-order valence-electron chi connectivity index (χ2n) is 5.91. The summed E-state index contributed by atoms with van der Waals surface area (Å²) in [6.07, 6.45) is 3.05. The Bertz CT molecular complexity index is 984. The normalized spacial score (nSPS) is 10.7. The van der Waals surface area contributed by atoms with Gasteiger partial charge in [0.25, 0.3) is 5.91 Å². The van der Waals surface area contributed by atoms with E-state index in [0.29, 0.717) is 11.4 Å². The summed E-state index contributed by atoms with van der Waals surface area (Å²) in [5.74, 6) is -0.579. The highest BCUT2D eigenvalue weighted by molar-refractivity contribution is 9.10. The number of carbonyl (C=O) groups is 2. The molecule has 0 unspecified atom stereocenters. The highest BCUT2D eigenvalue weighted by atomic mass is 79.9. The van der Waals surface area contributed by atoms with Gasteiger partial charge in [0.05, 0.1) is 21.4 Å². The maximum Gasteiger partial charge on any atom is 0.316 e. The number of hydrogen-bond acceptors (Lipinski definition) is 7. The monoisotopic (exact) mass is 447 g/mol. The maximum atomic E-state index is 12.1. The van der Waals surface area contributed by atoms with Gasteiger partial charge >= 0.3 is 11.8 Å². The summed E-state index contributed by atoms with van der Waals surface area (Å²) in [5, 5.41) is 13.5. The maximum absolute atomic E-state index is 12.1. The van der Waals surface area contributed by atoms with Crippen LogP contribution in [0.25, 0.3) is 0 Å². The summed E-state index contributed by atoms with van der Waals surface area (Å²) < 4.78 is 7.64. The van der Waals surface area contributed by atoms with Crippen molar-refractivity contribution in [2.75, 3.05) is 13.1 Å². The van der Waals surface area contributed by atoms with Gasteiger partial charge in [0, 0.05) is 25.5 Å². The summed E-state index contributed by atoms with van der Waals surface area (Å²) in [5.41, 5.74) is 2.23. The topological polar surface area (TPSA) is 128 Å². The fourth-order valence-corrected chi connectivity index (χ4v) is 2.68. The number of hydrogen-bond donors (Lipinski definition) is 2. The average Bonchev–Trinajstić information content (AvgIpc) is 3.26. The highest BCUT2D eigenvalue weighted by Gasteiger charge is 2.17. The minimum atomic E-state index is -0.510. The molecule has 0 aromatic carbocycles. The van der Waals surface area contributed by atoms with Gasteiger partial charge < -0.3 is 15.2 Å². The zero-order chi connectivity index (χ0) is 20.1. The van der Waals surface area contributed by atoms with Crippen LogP contribution in [0.5, 0.6) is 0 Å². The first-order chi connectivity index (χ1) is 13.5. The SMILES string of the molecule is Cc1nn(Cc2noc(C(=O)NCCNC(=O)c3cccnc3)n2)c(C)c1Br. The van der Waals surface area contributed by atoms with E-state index < -0.39 is 5.91 Å². The van der Waals surface area contributed by atoms with E-state index in [1.807, 2.05) is 13.8 Å². The van der Waals surface area contributed by atoms with Crippen LogP contribution in [-0.2, 0) is 6.54 Å². The molecule has 3 rings (SSSR count). The van der Waals surface area contributed by atoms with E-state index in [2.05, 4.69) is 46.8 Å². The lowest BCUT2D eigenvalue weighted by Crippen LogP contribution is -2.34. The van der Waals surface area contributed by atoms with E-state index in [-0.39, 0.29) is 31.4 Å². The number of pyridine rings is 1. The molecule has 28 heavy (non-hydrogen) atoms. The van der Waals surface area contributed by atoms with E-state index in [4.69, 9.17) is 4.52 Å². The van der Waals surface area contributed by atoms with Crippen LogP contribution < -0.4 is 10.6 Å². The predicted octanol–water partition coefficient (Wildman–Crippen LogP) is 1.25. The van der Waals surface area contributed by atoms with Gasteiger partial charge in [-0.25, -0.2) is 0 Å². The zero-order valence-electron chi connectivity index (χ0n) is 15.3. The Labute approximate surface area is 168 Å². The molecular formula is C17H18BrN7O3. The third kappa shape index (κ3) is 4.60. The van der Waals surface area contributed by atoms with Crippen LogP contribution in [0, 0.1) is 13.8 Å². The van der Waals surface area contributed by atoms with E-state index in [0.717, 1.165) is 15.9 Å². The van der Waals surface area contributed by atoms with E-state index in [9.17, 15) is 9.59 Å². The number of rotatable bonds is 7. The van der Waals surface area contributed by atoms with Crippen LogP contribution in [0.1, 0.15) is 38.3 Å². The molecule has 0 bridgehead atoms. The predicted molar refractivity (Wildman–Crippen MR) is 102 cm³/mol. The number of nitrogens with zero attached hydrogens (tertiary/aromatic N) is 5. The molecule has 11 heteroatoms. The molecule has 0 aliphatic rings. The summed E-state index contributed by atoms with van der Waals surface area (Å²) in [6.45, 7) is 4.55. The fourth-order valence-electron chi connectivity index (χ4n) is 2.40. The molecule has 0 fully saturated rings. The molecule has 10 nitrogen and oxygen atoms in total. The van der Waals surface area contributed by atoms with E-state index in [1.165, 1.54) is 6.20 Å². The number of nitrogens with one attached hydrogen (secondary N) is 2. The van der Waals surface area contributed by atoms with Crippen molar-refractivity contribution in [2.45, 2.75) is 20.4 Å². The molecule has 0 saturated carbocycles. The number of aromatic nitrogens is 5. The fraction of sp³-hybridized carbons (Fsp3) is 0.294. The minimum absolute atomic E-state index is 0.144. The van der Waals surface area contributed by atoms with Crippen molar-refractivity contribution in [3.8, 4) is 0 Å². The van der Waals surface area contributed by atoms with Crippen molar-refractivity contribution in [2.24, 2.45) is 0 Å². The minimum Gasteiger partial charge on any atom is -0.350 e. The molecule has 0 radical (unpaired) electrons. The van der Waals surface area contributed by atoms with Crippen LogP contribution in [-0.4, -0.2) is 49.8 Å². The molecule has 2 N–H and O–H groups in total. The zero-order valence-corrected chi connectivity index (χ0v) is 16.9. The summed E-state index contributed by atoms with van der Waals surface area (Å²) in [6, 6.07) is 3.33. The Hall–Kier alpha value is -3.08. The summed E-state index contributed by atoms with van der Waals surface area (Å²) >= 11 is 3.46. The Morgan fingerprint density at radius 1 is 1.21 bits per heavy atom. The number of halogens is 1. The number of aryl methyl sites for hydroxylation is 1. The van der Waals surface area contributed by atoms with Crippen molar-refractivity contribution in [3.05, 3.63) is 57.7 Å². The Balaban J connectivity index is 1.47. The largest absolute Gasteiger partial charge is 0.350 e. The first kappa shape index (κ1) is 19.7. The molecule has 0 atom stereocenters. The first-order valence-corrected chi connectivity index (χ1v) is 9.23. The third-order valence-corrected chi connectivity index (χ3v) is 5.01. The molecule has 0 saturated heterocycles. The highest BCUT2D eigenvalue weighted by Crippen LogP contribution is 2.20. The van der Waals surface area contributed by atoms with Crippen LogP contribution >= 0.6 is 15.9 Å². The van der Waals surface area contributed by atoms with Crippen molar-refractivity contribution in [3.63, 3.8) is 0 Å². The Morgan fingerprint density at radius 2 is 1.96 bits per heavy atom. The second kappa shape index (κ2) is 8.74. The summed E-state index contributed by atoms with van der Waals surface area (Å²) in [7, 11) is 0. The average molecular weight is 448 g/mol. The molecule has 0 spiro atoms. The molecule has 3 heterocycles. The van der Waals surface area contributed by atoms with Crippen LogP contribution in [0.15, 0.2) is 33.5 Å². The smallest absolute Gasteiger partial charge is 0.316 e. The first-order valence-electron chi connectivity index (χ1n) is 8.44. The van der Waals surface area contributed by atoms with Crippen LogP contribution in [0.3, 0.4) is 0 Å². The lowest BCUT2D eigenvalue weighted by atomic mass is 10.3. The standard InChI is InChI=1S/C17H18BrN7O3/c1-10-14(18)11(2)25(23-10)9-13-22-17(28-24-13)16(27)21-7-6-20-15(26)12-4-3-5-19-8-12/h3-5,8H,6-7,9H2,1-2H3,(H,20,26)(H,21,27). The molecule has 3 aromatic heterocycles. The molecule has 146 valence electrons. The van der Waals surface area contributed by atoms with Gasteiger partial charge in [-0.05, 0) is 41.9 Å². The van der Waals surface area contributed by atoms with Gasteiger partial charge in [0.1, 0.15) is 6.54 Å². The van der Waals surface area contributed by atoms with Gasteiger partial charge in [-0.2, -0.15) is 10.1 Å². The van der Waals surface area contributed by atoms with Gasteiger partial charge in [-0.3, -0.25) is 19.3 Å². The van der Waals surface area contributed by atoms with E-state index in [1.54, 1.807) is 23.0 Å². The van der Waals surface area contributed by atoms with Crippen molar-refractivity contribution >= 4 is 27.7 Å². The van der Waals surface area contributed by atoms with Crippen molar-refractivity contribution in [1.29, 1.82) is 0 Å². The van der Waals surface area contributed by atoms with Gasteiger partial charge in [-0.15, -0.1) is 0 Å². The quantitative estimate of drug-likeness (QED) is 0.521. The summed E-state index contributed by atoms with van der Waals surface area (Å²) in [4.78, 5) is 31.9. The van der Waals surface area contributed by atoms with Gasteiger partial charge in [0.2, 0.25) is 0 Å². The van der Waals surface area contributed by atoms with Gasteiger partial charge in [0.15, 0.2) is 5.82 Å². The second-order valence-corrected chi connectivity index (χ2v) is 6.70. The lowest BCUT2D eigenvalue weighted by molar-refractivity contribution is 0.0898. The Kier molecular flexibility index (Phi) is 6.14. The molecule has 3 aromatic rings. The Morgan fingerprint density at radius 3 is 2.61 bits per heavy atom. The molecule has 0 aliphatic heterocycles. The van der Waals surface area contributed by atoms with Gasteiger partial charge in [-0.1, -0.05) is 5.16 Å². The third-order valence-electron chi connectivity index (χ3n) is 3.87. The molecule has 0 aliphatic carbocycles. The molecule has 2 amide bonds. The lowest BCUT2D eigenvalue weighted by Gasteiger charge is -2.05. The molecular weight excluding hydrogens is 430 g/mol. The van der Waals surface area contributed by atoms with Crippen molar-refractivity contribution in [1.82, 2.24) is 35.5 Å². The number of carbonyl (C=O) groups excluding carboxylic acids is 2.